The molecule has 0 aliphatic rings. The van der Waals surface area contributed by atoms with Gasteiger partial charge in [-0.25, -0.2) is 4.39 Å². The van der Waals surface area contributed by atoms with E-state index in [4.69, 9.17) is 4.52 Å². The Bertz CT molecular complexity index is 899. The minimum atomic E-state index is -4.05. The summed E-state index contributed by atoms with van der Waals surface area (Å²) in [5.74, 6) is -0.368. The molecule has 0 fully saturated rings. The van der Waals surface area contributed by atoms with Crippen molar-refractivity contribution < 1.29 is 23.1 Å². The number of hydrogen-bond donors (Lipinski definition) is 1. The standard InChI is InChI=1S/C16H14FN2O3P/c1-19-10-16(14-4-2-3-5-15(14)18-19)23(20,21)22-11-12-6-8-13(17)9-7-12/h2-10H,11H2,1H3/p+1. The van der Waals surface area contributed by atoms with Crippen LogP contribution in [-0.4, -0.2) is 9.99 Å². The molecular formula is C16H15FN2O3P+. The fourth-order valence-electron chi connectivity index (χ4n) is 2.26. The van der Waals surface area contributed by atoms with E-state index in [1.54, 1.807) is 31.3 Å². The Hall–Kier alpha value is -2.14. The molecule has 0 saturated carbocycles. The first-order valence-corrected chi connectivity index (χ1v) is 8.51. The van der Waals surface area contributed by atoms with Crippen molar-refractivity contribution in [3.05, 3.63) is 66.1 Å². The minimum absolute atomic E-state index is 0.0889. The second kappa shape index (κ2) is 6.16. The summed E-state index contributed by atoms with van der Waals surface area (Å²) >= 11 is 0. The van der Waals surface area contributed by atoms with Gasteiger partial charge in [-0.1, -0.05) is 35.0 Å². The van der Waals surface area contributed by atoms with E-state index in [0.717, 1.165) is 0 Å². The highest BCUT2D eigenvalue weighted by molar-refractivity contribution is 7.61. The van der Waals surface area contributed by atoms with Crippen LogP contribution in [0.5, 0.6) is 0 Å². The second-order valence-corrected chi connectivity index (χ2v) is 6.91. The Labute approximate surface area is 132 Å². The summed E-state index contributed by atoms with van der Waals surface area (Å²) in [6.45, 7) is -0.0889. The van der Waals surface area contributed by atoms with Gasteiger partial charge in [0.1, 0.15) is 16.6 Å². The minimum Gasteiger partial charge on any atom is -0.321 e. The Balaban J connectivity index is 1.93. The van der Waals surface area contributed by atoms with Crippen LogP contribution in [0.15, 0.2) is 54.7 Å². The predicted molar refractivity (Wildman–Crippen MR) is 83.6 cm³/mol. The lowest BCUT2D eigenvalue weighted by atomic mass is 10.2. The summed E-state index contributed by atoms with van der Waals surface area (Å²) in [5, 5.41) is 5.02. The fraction of sp³-hybridized carbons (Fsp3) is 0.125. The summed E-state index contributed by atoms with van der Waals surface area (Å²) in [4.78, 5) is 10.3. The smallest absolute Gasteiger partial charge is 0.321 e. The van der Waals surface area contributed by atoms with Crippen molar-refractivity contribution in [3.8, 4) is 0 Å². The molecule has 1 aromatic heterocycles. The molecule has 1 atom stereocenters. The molecule has 0 aliphatic heterocycles. The summed E-state index contributed by atoms with van der Waals surface area (Å²) in [6, 6.07) is 12.7. The molecule has 1 heterocycles. The molecule has 7 heteroatoms. The Morgan fingerprint density at radius 2 is 1.91 bits per heavy atom. The number of fused-ring (bicyclic) bond motifs is 1. The number of rotatable bonds is 4. The molecule has 3 rings (SSSR count). The normalized spacial score (nSPS) is 13.9. The SMILES string of the molecule is C[n+]1cc(P(=O)(O)OCc2ccc(F)cc2)c2ccccc2n1. The van der Waals surface area contributed by atoms with Crippen molar-refractivity contribution in [2.75, 3.05) is 0 Å². The largest absolute Gasteiger partial charge is 0.365 e. The third-order valence-electron chi connectivity index (χ3n) is 3.38. The van der Waals surface area contributed by atoms with Gasteiger partial charge in [0.05, 0.1) is 6.61 Å². The number of hydrogen-bond acceptors (Lipinski definition) is 3. The highest BCUT2D eigenvalue weighted by Gasteiger charge is 2.29. The van der Waals surface area contributed by atoms with Crippen molar-refractivity contribution in [3.63, 3.8) is 0 Å². The van der Waals surface area contributed by atoms with E-state index in [2.05, 4.69) is 5.10 Å². The van der Waals surface area contributed by atoms with Crippen LogP contribution < -0.4 is 9.99 Å². The van der Waals surface area contributed by atoms with Gasteiger partial charge in [-0.15, -0.1) is 0 Å². The van der Waals surface area contributed by atoms with Crippen LogP contribution >= 0.6 is 7.60 Å². The quantitative estimate of drug-likeness (QED) is 0.587. The van der Waals surface area contributed by atoms with E-state index in [9.17, 15) is 13.8 Å². The lowest BCUT2D eigenvalue weighted by Crippen LogP contribution is -2.36. The van der Waals surface area contributed by atoms with Gasteiger partial charge in [0, 0.05) is 5.39 Å². The zero-order valence-corrected chi connectivity index (χ0v) is 13.3. The summed E-state index contributed by atoms with van der Waals surface area (Å²) in [7, 11) is -2.37. The van der Waals surface area contributed by atoms with Crippen LogP contribution in [0.4, 0.5) is 4.39 Å². The van der Waals surface area contributed by atoms with Crippen molar-refractivity contribution in [2.45, 2.75) is 6.61 Å². The molecule has 0 amide bonds. The number of benzene rings is 2. The van der Waals surface area contributed by atoms with Gasteiger partial charge < -0.3 is 9.42 Å². The third kappa shape index (κ3) is 3.45. The highest BCUT2D eigenvalue weighted by Crippen LogP contribution is 2.43. The summed E-state index contributed by atoms with van der Waals surface area (Å²) in [5.41, 5.74) is 1.22. The summed E-state index contributed by atoms with van der Waals surface area (Å²) in [6.07, 6.45) is 1.48. The highest BCUT2D eigenvalue weighted by atomic mass is 31.2. The monoisotopic (exact) mass is 333 g/mol. The zero-order chi connectivity index (χ0) is 16.4. The topological polar surface area (TPSA) is 63.3 Å². The zero-order valence-electron chi connectivity index (χ0n) is 12.4. The Morgan fingerprint density at radius 3 is 2.65 bits per heavy atom. The fourth-order valence-corrected chi connectivity index (χ4v) is 3.53. The summed E-state index contributed by atoms with van der Waals surface area (Å²) < 4.78 is 32.3. The van der Waals surface area contributed by atoms with Crippen molar-refractivity contribution >= 4 is 23.8 Å². The molecule has 118 valence electrons. The average molecular weight is 333 g/mol. The van der Waals surface area contributed by atoms with E-state index in [1.807, 2.05) is 0 Å². The van der Waals surface area contributed by atoms with E-state index in [1.165, 1.54) is 35.1 Å². The Morgan fingerprint density at radius 1 is 1.22 bits per heavy atom. The van der Waals surface area contributed by atoms with Crippen molar-refractivity contribution in [1.82, 2.24) is 5.10 Å². The predicted octanol–water partition coefficient (Wildman–Crippen LogP) is 2.23. The van der Waals surface area contributed by atoms with Gasteiger partial charge in [0.2, 0.25) is 6.20 Å². The van der Waals surface area contributed by atoms with Crippen LogP contribution in [0.3, 0.4) is 0 Å². The first-order chi connectivity index (χ1) is 11.0. The van der Waals surface area contributed by atoms with E-state index in [0.29, 0.717) is 16.5 Å². The lowest BCUT2D eigenvalue weighted by Gasteiger charge is -2.12. The maximum atomic E-state index is 12.9. The van der Waals surface area contributed by atoms with Crippen LogP contribution in [0, 0.1) is 5.82 Å². The second-order valence-electron chi connectivity index (χ2n) is 5.13. The van der Waals surface area contributed by atoms with E-state index >= 15 is 0 Å². The molecule has 1 unspecified atom stereocenters. The maximum Gasteiger partial charge on any atom is 0.365 e. The molecule has 0 radical (unpaired) electrons. The molecule has 2 aromatic carbocycles. The van der Waals surface area contributed by atoms with Gasteiger partial charge in [0.25, 0.3) is 0 Å². The molecule has 23 heavy (non-hydrogen) atoms. The van der Waals surface area contributed by atoms with Crippen LogP contribution in [0.25, 0.3) is 10.9 Å². The first-order valence-electron chi connectivity index (χ1n) is 6.94. The number of halogens is 1. The van der Waals surface area contributed by atoms with E-state index < -0.39 is 7.60 Å². The molecule has 0 aliphatic carbocycles. The van der Waals surface area contributed by atoms with Crippen LogP contribution in [0.1, 0.15) is 5.56 Å². The lowest BCUT2D eigenvalue weighted by molar-refractivity contribution is -0.727. The van der Waals surface area contributed by atoms with Gasteiger partial charge >= 0.3 is 7.60 Å². The van der Waals surface area contributed by atoms with E-state index in [-0.39, 0.29) is 17.7 Å². The molecule has 1 N–H and O–H groups in total. The maximum absolute atomic E-state index is 12.9. The molecule has 0 spiro atoms. The molecule has 0 bridgehead atoms. The molecule has 3 aromatic rings. The van der Waals surface area contributed by atoms with Gasteiger partial charge in [-0.3, -0.25) is 4.57 Å². The molecule has 0 saturated heterocycles. The number of nitrogens with zero attached hydrogens (tertiary/aromatic N) is 2. The van der Waals surface area contributed by atoms with Gasteiger partial charge in [0.15, 0.2) is 7.05 Å². The van der Waals surface area contributed by atoms with Crippen LogP contribution in [0.2, 0.25) is 0 Å². The molecular weight excluding hydrogens is 318 g/mol. The Kier molecular flexibility index (Phi) is 4.22. The van der Waals surface area contributed by atoms with Crippen molar-refractivity contribution in [1.29, 1.82) is 0 Å². The average Bonchev–Trinajstić information content (AvgIpc) is 2.53. The van der Waals surface area contributed by atoms with Gasteiger partial charge in [-0.05, 0) is 28.9 Å². The van der Waals surface area contributed by atoms with Crippen LogP contribution in [-0.2, 0) is 22.7 Å². The first kappa shape index (κ1) is 15.7. The van der Waals surface area contributed by atoms with Gasteiger partial charge in [-0.2, -0.15) is 0 Å². The van der Waals surface area contributed by atoms with Crippen molar-refractivity contribution in [2.24, 2.45) is 7.05 Å². The molecule has 5 nitrogen and oxygen atoms in total. The number of aromatic nitrogens is 2. The number of aryl methyl sites for hydroxylation is 1. The third-order valence-corrected chi connectivity index (χ3v) is 4.82.